The minimum atomic E-state index is -0.787. The van der Waals surface area contributed by atoms with Gasteiger partial charge in [0.05, 0.1) is 13.7 Å². The standard InChI is InChI=1S/C20H29NO3.C4H9N/c1-14-15-5-3-4-8-20(14,9-10-21-13-19(22)23)18-12-17(24-2)7-6-16(18)11-15;5-3-4-1-2-4/h6-7,12,14-15,21H,3-5,8-11,13H2,1-2H3,(H,22,23);4H,1-3,5H2/t14?,15-,20+;/m0./s1. The molecule has 3 aliphatic carbocycles. The highest BCUT2D eigenvalue weighted by molar-refractivity contribution is 5.68. The monoisotopic (exact) mass is 402 g/mol. The summed E-state index contributed by atoms with van der Waals surface area (Å²) in [5.74, 6) is 2.43. The van der Waals surface area contributed by atoms with Crippen LogP contribution < -0.4 is 15.8 Å². The van der Waals surface area contributed by atoms with Crippen LogP contribution in [0.5, 0.6) is 5.75 Å². The Balaban J connectivity index is 0.000000419. The van der Waals surface area contributed by atoms with Gasteiger partial charge in [-0.2, -0.15) is 0 Å². The number of nitrogens with two attached hydrogens (primary N) is 1. The van der Waals surface area contributed by atoms with Gasteiger partial charge in [0.1, 0.15) is 5.75 Å². The van der Waals surface area contributed by atoms with Crippen LogP contribution in [0.25, 0.3) is 0 Å². The highest BCUT2D eigenvalue weighted by Gasteiger charge is 2.46. The van der Waals surface area contributed by atoms with Crippen molar-refractivity contribution >= 4 is 5.97 Å². The molecule has 5 nitrogen and oxygen atoms in total. The van der Waals surface area contributed by atoms with Crippen molar-refractivity contribution in [3.63, 3.8) is 0 Å². The predicted molar refractivity (Wildman–Crippen MR) is 116 cm³/mol. The van der Waals surface area contributed by atoms with Crippen LogP contribution in [0.3, 0.4) is 0 Å². The summed E-state index contributed by atoms with van der Waals surface area (Å²) in [6.45, 7) is 4.12. The Kier molecular flexibility index (Phi) is 7.58. The summed E-state index contributed by atoms with van der Waals surface area (Å²) in [5.41, 5.74) is 8.30. The summed E-state index contributed by atoms with van der Waals surface area (Å²) in [4.78, 5) is 10.8. The molecule has 1 aromatic carbocycles. The van der Waals surface area contributed by atoms with E-state index in [1.807, 2.05) is 0 Å². The topological polar surface area (TPSA) is 84.6 Å². The molecule has 2 saturated carbocycles. The first-order valence-electron chi connectivity index (χ1n) is 11.3. The number of carboxylic acid groups (broad SMARTS) is 1. The summed E-state index contributed by atoms with van der Waals surface area (Å²) >= 11 is 0. The molecule has 4 rings (SSSR count). The van der Waals surface area contributed by atoms with Gasteiger partial charge >= 0.3 is 5.97 Å². The Hall–Kier alpha value is -1.59. The summed E-state index contributed by atoms with van der Waals surface area (Å²) in [6, 6.07) is 6.57. The number of ether oxygens (including phenoxy) is 1. The fourth-order valence-corrected chi connectivity index (χ4v) is 5.39. The summed E-state index contributed by atoms with van der Waals surface area (Å²) in [5, 5.41) is 12.0. The number of nitrogens with one attached hydrogen (secondary N) is 1. The maximum Gasteiger partial charge on any atom is 0.317 e. The van der Waals surface area contributed by atoms with E-state index in [0.29, 0.717) is 5.92 Å². The highest BCUT2D eigenvalue weighted by atomic mass is 16.5. The molecular formula is C24H38N2O3. The van der Waals surface area contributed by atoms with Crippen molar-refractivity contribution in [1.82, 2.24) is 5.32 Å². The Morgan fingerprint density at radius 2 is 2.10 bits per heavy atom. The highest BCUT2D eigenvalue weighted by Crippen LogP contribution is 2.53. The van der Waals surface area contributed by atoms with Crippen LogP contribution in [-0.2, 0) is 16.6 Å². The largest absolute Gasteiger partial charge is 0.497 e. The molecule has 0 radical (unpaired) electrons. The van der Waals surface area contributed by atoms with Crippen LogP contribution in [0.1, 0.15) is 63.0 Å². The Bertz CT molecular complexity index is 689. The average Bonchev–Trinajstić information content (AvgIpc) is 3.56. The number of hydrogen-bond acceptors (Lipinski definition) is 4. The van der Waals surface area contributed by atoms with Gasteiger partial charge < -0.3 is 20.9 Å². The first-order chi connectivity index (χ1) is 14.0. The van der Waals surface area contributed by atoms with E-state index in [-0.39, 0.29) is 12.0 Å². The smallest absolute Gasteiger partial charge is 0.317 e. The van der Waals surface area contributed by atoms with E-state index in [1.165, 1.54) is 56.1 Å². The number of carbonyl (C=O) groups is 1. The van der Waals surface area contributed by atoms with Crippen molar-refractivity contribution in [1.29, 1.82) is 0 Å². The minimum Gasteiger partial charge on any atom is -0.497 e. The molecule has 4 N–H and O–H groups in total. The molecule has 2 bridgehead atoms. The zero-order valence-electron chi connectivity index (χ0n) is 18.1. The molecule has 0 saturated heterocycles. The minimum absolute atomic E-state index is 0.0405. The first-order valence-corrected chi connectivity index (χ1v) is 11.3. The molecule has 0 aliphatic heterocycles. The van der Waals surface area contributed by atoms with Crippen molar-refractivity contribution in [2.45, 2.75) is 63.7 Å². The maximum absolute atomic E-state index is 10.8. The van der Waals surface area contributed by atoms with Crippen molar-refractivity contribution in [2.24, 2.45) is 23.5 Å². The second kappa shape index (κ2) is 9.94. The molecule has 5 heteroatoms. The number of benzene rings is 1. The van der Waals surface area contributed by atoms with E-state index in [1.54, 1.807) is 7.11 Å². The number of hydrogen-bond donors (Lipinski definition) is 3. The lowest BCUT2D eigenvalue weighted by Crippen LogP contribution is -2.44. The van der Waals surface area contributed by atoms with E-state index < -0.39 is 5.97 Å². The van der Waals surface area contributed by atoms with Gasteiger partial charge in [-0.3, -0.25) is 4.79 Å². The van der Waals surface area contributed by atoms with Gasteiger partial charge in [0.25, 0.3) is 0 Å². The average molecular weight is 403 g/mol. The van der Waals surface area contributed by atoms with E-state index in [2.05, 4.69) is 30.4 Å². The Morgan fingerprint density at radius 3 is 2.72 bits per heavy atom. The fraction of sp³-hybridized carbons (Fsp3) is 0.708. The normalized spacial score (nSPS) is 27.8. The molecule has 2 fully saturated rings. The molecule has 0 amide bonds. The molecule has 29 heavy (non-hydrogen) atoms. The van der Waals surface area contributed by atoms with Crippen LogP contribution in [0.15, 0.2) is 18.2 Å². The van der Waals surface area contributed by atoms with Gasteiger partial charge in [0.2, 0.25) is 0 Å². The third kappa shape index (κ3) is 5.32. The first kappa shape index (κ1) is 22.1. The van der Waals surface area contributed by atoms with Crippen molar-refractivity contribution in [3.05, 3.63) is 29.3 Å². The van der Waals surface area contributed by atoms with E-state index in [0.717, 1.165) is 37.1 Å². The third-order valence-corrected chi connectivity index (χ3v) is 7.42. The van der Waals surface area contributed by atoms with E-state index in [4.69, 9.17) is 15.6 Å². The van der Waals surface area contributed by atoms with Gasteiger partial charge in [-0.05, 0) is 98.0 Å². The fourth-order valence-electron chi connectivity index (χ4n) is 5.39. The van der Waals surface area contributed by atoms with Crippen LogP contribution in [-0.4, -0.2) is 37.8 Å². The lowest BCUT2D eigenvalue weighted by atomic mass is 9.57. The van der Waals surface area contributed by atoms with Crippen LogP contribution in [0.4, 0.5) is 0 Å². The quantitative estimate of drug-likeness (QED) is 0.605. The molecule has 162 valence electrons. The summed E-state index contributed by atoms with van der Waals surface area (Å²) < 4.78 is 5.49. The number of rotatable bonds is 7. The zero-order valence-corrected chi connectivity index (χ0v) is 18.1. The molecule has 0 heterocycles. The zero-order chi connectivity index (χ0) is 20.9. The number of methoxy groups -OCH3 is 1. The second-order valence-electron chi connectivity index (χ2n) is 9.18. The Labute approximate surface area is 175 Å². The van der Waals surface area contributed by atoms with Crippen LogP contribution in [0.2, 0.25) is 0 Å². The lowest BCUT2D eigenvalue weighted by molar-refractivity contribution is -0.135. The number of aliphatic carboxylic acids is 1. The molecule has 0 aromatic heterocycles. The molecule has 3 aliphatic rings. The SMILES string of the molecule is COc1ccc2c(c1)[C@@]1(CCNCC(=O)O)CCCC[C@@H](C2)C1C.NCC1CC1. The molecule has 1 aromatic rings. The van der Waals surface area contributed by atoms with Crippen molar-refractivity contribution in [2.75, 3.05) is 26.7 Å². The molecule has 3 atom stereocenters. The third-order valence-electron chi connectivity index (χ3n) is 7.42. The van der Waals surface area contributed by atoms with E-state index in [9.17, 15) is 4.79 Å². The van der Waals surface area contributed by atoms with Crippen LogP contribution >= 0.6 is 0 Å². The van der Waals surface area contributed by atoms with Gasteiger partial charge in [0.15, 0.2) is 0 Å². The molecule has 1 unspecified atom stereocenters. The van der Waals surface area contributed by atoms with Gasteiger partial charge in [-0.25, -0.2) is 0 Å². The van der Waals surface area contributed by atoms with Crippen LogP contribution in [0, 0.1) is 17.8 Å². The van der Waals surface area contributed by atoms with E-state index >= 15 is 0 Å². The number of fused-ring (bicyclic) bond motifs is 4. The predicted octanol–water partition coefficient (Wildman–Crippen LogP) is 3.73. The molecule has 0 spiro atoms. The molecular weight excluding hydrogens is 364 g/mol. The summed E-state index contributed by atoms with van der Waals surface area (Å²) in [7, 11) is 1.73. The van der Waals surface area contributed by atoms with Crippen molar-refractivity contribution in [3.8, 4) is 5.75 Å². The number of carboxylic acids is 1. The van der Waals surface area contributed by atoms with Gasteiger partial charge in [-0.15, -0.1) is 0 Å². The summed E-state index contributed by atoms with van der Waals surface area (Å²) in [6.07, 6.45) is 10.0. The maximum atomic E-state index is 10.8. The Morgan fingerprint density at radius 1 is 1.31 bits per heavy atom. The van der Waals surface area contributed by atoms with Gasteiger partial charge in [-0.1, -0.05) is 25.8 Å². The van der Waals surface area contributed by atoms with Crippen molar-refractivity contribution < 1.29 is 14.6 Å². The van der Waals surface area contributed by atoms with Gasteiger partial charge in [0, 0.05) is 0 Å². The second-order valence-corrected chi connectivity index (χ2v) is 9.18. The lowest BCUT2D eigenvalue weighted by Gasteiger charge is -2.47.